The van der Waals surface area contributed by atoms with Crippen LogP contribution in [0, 0.1) is 5.92 Å². The zero-order valence-electron chi connectivity index (χ0n) is 11.5. The Morgan fingerprint density at radius 2 is 2.00 bits per heavy atom. The summed E-state index contributed by atoms with van der Waals surface area (Å²) in [6.45, 7) is 2.07. The number of carbonyl (C=O) groups is 1. The number of likely N-dealkylation sites (tertiary alicyclic amines) is 1. The van der Waals surface area contributed by atoms with Crippen molar-refractivity contribution in [3.63, 3.8) is 0 Å². The summed E-state index contributed by atoms with van der Waals surface area (Å²) >= 11 is 0. The van der Waals surface area contributed by atoms with Crippen LogP contribution in [0.4, 0.5) is 0 Å². The van der Waals surface area contributed by atoms with E-state index in [2.05, 4.69) is 11.0 Å². The summed E-state index contributed by atoms with van der Waals surface area (Å²) in [4.78, 5) is 14.5. The van der Waals surface area contributed by atoms with Crippen molar-refractivity contribution >= 4 is 5.91 Å². The number of fused-ring (bicyclic) bond motifs is 1. The molecule has 1 aromatic carbocycles. The van der Waals surface area contributed by atoms with Crippen LogP contribution in [-0.2, 0) is 4.79 Å². The van der Waals surface area contributed by atoms with E-state index < -0.39 is 0 Å². The molecule has 0 N–H and O–H groups in total. The van der Waals surface area contributed by atoms with Crippen LogP contribution in [0.15, 0.2) is 18.2 Å². The Hall–Kier alpha value is -1.71. The molecule has 3 aliphatic rings. The summed E-state index contributed by atoms with van der Waals surface area (Å²) in [7, 11) is 0. The van der Waals surface area contributed by atoms with E-state index in [1.165, 1.54) is 0 Å². The Bertz CT molecular complexity index is 539. The molecule has 1 unspecified atom stereocenters. The van der Waals surface area contributed by atoms with Crippen LogP contribution in [-0.4, -0.2) is 30.6 Å². The van der Waals surface area contributed by atoms with Gasteiger partial charge in [0, 0.05) is 18.0 Å². The Labute approximate surface area is 118 Å². The summed E-state index contributed by atoms with van der Waals surface area (Å²) in [5.41, 5.74) is 1.12. The minimum Gasteiger partial charge on any atom is -0.486 e. The van der Waals surface area contributed by atoms with Crippen LogP contribution in [0.25, 0.3) is 0 Å². The molecular weight excluding hydrogens is 254 g/mol. The molecular formula is C16H19NO3. The van der Waals surface area contributed by atoms with Gasteiger partial charge >= 0.3 is 0 Å². The Balaban J connectivity index is 1.67. The van der Waals surface area contributed by atoms with Crippen molar-refractivity contribution < 1.29 is 14.3 Å². The van der Waals surface area contributed by atoms with Crippen molar-refractivity contribution in [1.29, 1.82) is 0 Å². The molecule has 0 radical (unpaired) electrons. The first-order valence-corrected chi connectivity index (χ1v) is 7.53. The number of carbonyl (C=O) groups excluding carboxylic acids is 1. The molecule has 2 fully saturated rings. The second kappa shape index (κ2) is 4.69. The van der Waals surface area contributed by atoms with Gasteiger partial charge in [-0.15, -0.1) is 0 Å². The lowest BCUT2D eigenvalue weighted by atomic mass is 10.0. The Morgan fingerprint density at radius 1 is 1.15 bits per heavy atom. The number of benzene rings is 1. The van der Waals surface area contributed by atoms with Crippen molar-refractivity contribution in [2.24, 2.45) is 5.92 Å². The van der Waals surface area contributed by atoms with Gasteiger partial charge < -0.3 is 14.4 Å². The van der Waals surface area contributed by atoms with Gasteiger partial charge in [0.2, 0.25) is 5.91 Å². The first-order valence-electron chi connectivity index (χ1n) is 7.53. The number of hydrogen-bond acceptors (Lipinski definition) is 3. The number of nitrogens with zero attached hydrogens (tertiary/aromatic N) is 1. The summed E-state index contributed by atoms with van der Waals surface area (Å²) in [5.74, 6) is 2.29. The molecule has 106 valence electrons. The predicted octanol–water partition coefficient (Wildman–Crippen LogP) is 2.53. The molecule has 1 amide bonds. The minimum absolute atomic E-state index is 0.166. The van der Waals surface area contributed by atoms with Gasteiger partial charge in [0.1, 0.15) is 13.2 Å². The summed E-state index contributed by atoms with van der Waals surface area (Å²) in [5, 5.41) is 0. The summed E-state index contributed by atoms with van der Waals surface area (Å²) in [6.07, 6.45) is 4.23. The number of rotatable bonds is 2. The van der Waals surface area contributed by atoms with Crippen LogP contribution < -0.4 is 9.47 Å². The number of amides is 1. The highest BCUT2D eigenvalue weighted by Gasteiger charge is 2.40. The Morgan fingerprint density at radius 3 is 2.85 bits per heavy atom. The smallest absolute Gasteiger partial charge is 0.226 e. The fourth-order valence-electron chi connectivity index (χ4n) is 3.28. The van der Waals surface area contributed by atoms with E-state index in [0.717, 1.165) is 49.3 Å². The SMILES string of the molecule is O=C(C1CC1)N1CCCC1c1cccc2c1OCCO2. The summed E-state index contributed by atoms with van der Waals surface area (Å²) < 4.78 is 11.5. The molecule has 4 rings (SSSR count). The third-order valence-corrected chi connectivity index (χ3v) is 4.42. The summed E-state index contributed by atoms with van der Waals surface area (Å²) in [6, 6.07) is 6.19. The van der Waals surface area contributed by atoms with Gasteiger partial charge in [-0.1, -0.05) is 12.1 Å². The van der Waals surface area contributed by atoms with Crippen molar-refractivity contribution in [2.45, 2.75) is 31.7 Å². The molecule has 1 aliphatic carbocycles. The molecule has 2 aliphatic heterocycles. The van der Waals surface area contributed by atoms with Crippen molar-refractivity contribution in [3.8, 4) is 11.5 Å². The van der Waals surface area contributed by atoms with Gasteiger partial charge in [0.25, 0.3) is 0 Å². The standard InChI is InChI=1S/C16H19NO3/c18-16(11-6-7-11)17-8-2-4-13(17)12-3-1-5-14-15(12)20-10-9-19-14/h1,3,5,11,13H,2,4,6-10H2. The monoisotopic (exact) mass is 273 g/mol. The van der Waals surface area contributed by atoms with Crippen molar-refractivity contribution in [2.75, 3.05) is 19.8 Å². The highest BCUT2D eigenvalue weighted by molar-refractivity contribution is 5.82. The van der Waals surface area contributed by atoms with Crippen LogP contribution in [0.5, 0.6) is 11.5 Å². The van der Waals surface area contributed by atoms with Crippen LogP contribution >= 0.6 is 0 Å². The lowest BCUT2D eigenvalue weighted by molar-refractivity contribution is -0.133. The van der Waals surface area contributed by atoms with Gasteiger partial charge in [-0.05, 0) is 31.7 Å². The highest BCUT2D eigenvalue weighted by atomic mass is 16.6. The van der Waals surface area contributed by atoms with E-state index in [-0.39, 0.29) is 12.0 Å². The topological polar surface area (TPSA) is 38.8 Å². The van der Waals surface area contributed by atoms with Gasteiger partial charge in [-0.2, -0.15) is 0 Å². The van der Waals surface area contributed by atoms with Gasteiger partial charge in [-0.3, -0.25) is 4.79 Å². The molecule has 0 spiro atoms. The number of hydrogen-bond donors (Lipinski definition) is 0. The van der Waals surface area contributed by atoms with Gasteiger partial charge in [-0.25, -0.2) is 0 Å². The highest BCUT2D eigenvalue weighted by Crippen LogP contribution is 2.44. The fraction of sp³-hybridized carbons (Fsp3) is 0.562. The normalized spacial score (nSPS) is 24.8. The lowest BCUT2D eigenvalue weighted by Crippen LogP contribution is -2.32. The molecule has 4 nitrogen and oxygen atoms in total. The van der Waals surface area contributed by atoms with Crippen LogP contribution in [0.2, 0.25) is 0 Å². The molecule has 0 bridgehead atoms. The maximum absolute atomic E-state index is 12.4. The molecule has 1 saturated carbocycles. The van der Waals surface area contributed by atoms with E-state index >= 15 is 0 Å². The number of para-hydroxylation sites is 1. The molecule has 1 saturated heterocycles. The molecule has 2 heterocycles. The van der Waals surface area contributed by atoms with E-state index in [1.807, 2.05) is 12.1 Å². The molecule has 1 aromatic rings. The number of ether oxygens (including phenoxy) is 2. The first-order chi connectivity index (χ1) is 9.84. The average Bonchev–Trinajstić information content (AvgIpc) is 3.23. The largest absolute Gasteiger partial charge is 0.486 e. The third kappa shape index (κ3) is 1.94. The maximum atomic E-state index is 12.4. The molecule has 4 heteroatoms. The van der Waals surface area contributed by atoms with Crippen molar-refractivity contribution in [1.82, 2.24) is 4.90 Å². The zero-order chi connectivity index (χ0) is 13.5. The van der Waals surface area contributed by atoms with E-state index in [1.54, 1.807) is 0 Å². The molecule has 20 heavy (non-hydrogen) atoms. The molecule has 1 atom stereocenters. The van der Waals surface area contributed by atoms with E-state index in [4.69, 9.17) is 9.47 Å². The second-order valence-corrected chi connectivity index (χ2v) is 5.84. The quantitative estimate of drug-likeness (QED) is 0.831. The zero-order valence-corrected chi connectivity index (χ0v) is 11.5. The maximum Gasteiger partial charge on any atom is 0.226 e. The van der Waals surface area contributed by atoms with E-state index in [0.29, 0.717) is 19.1 Å². The lowest BCUT2D eigenvalue weighted by Gasteiger charge is -2.29. The van der Waals surface area contributed by atoms with E-state index in [9.17, 15) is 4.79 Å². The Kier molecular flexibility index (Phi) is 2.83. The van der Waals surface area contributed by atoms with Gasteiger partial charge in [0.05, 0.1) is 6.04 Å². The first kappa shape index (κ1) is 12.1. The fourth-order valence-corrected chi connectivity index (χ4v) is 3.28. The van der Waals surface area contributed by atoms with Crippen molar-refractivity contribution in [3.05, 3.63) is 23.8 Å². The predicted molar refractivity (Wildman–Crippen MR) is 73.8 cm³/mol. The van der Waals surface area contributed by atoms with Crippen LogP contribution in [0.3, 0.4) is 0 Å². The second-order valence-electron chi connectivity index (χ2n) is 5.84. The third-order valence-electron chi connectivity index (χ3n) is 4.42. The molecule has 0 aromatic heterocycles. The minimum atomic E-state index is 0.166. The average molecular weight is 273 g/mol. The van der Waals surface area contributed by atoms with Gasteiger partial charge in [0.15, 0.2) is 11.5 Å². The van der Waals surface area contributed by atoms with Crippen LogP contribution in [0.1, 0.15) is 37.3 Å².